The van der Waals surface area contributed by atoms with Crippen LogP contribution in [0, 0.1) is 6.92 Å². The largest absolute Gasteiger partial charge is 0.441 e. The third kappa shape index (κ3) is 2.79. The van der Waals surface area contributed by atoms with Crippen molar-refractivity contribution in [2.45, 2.75) is 24.5 Å². The van der Waals surface area contributed by atoms with Crippen molar-refractivity contribution in [3.05, 3.63) is 41.1 Å². The molecule has 1 N–H and O–H groups in total. The van der Waals surface area contributed by atoms with Gasteiger partial charge in [0.15, 0.2) is 11.5 Å². The lowest BCUT2D eigenvalue weighted by Gasteiger charge is -2.05. The Labute approximate surface area is 126 Å². The molecule has 1 aromatic carbocycles. The molecule has 0 spiro atoms. The number of aryl methyl sites for hydroxylation is 2. The highest BCUT2D eigenvalue weighted by Crippen LogP contribution is 2.26. The maximum atomic E-state index is 12.3. The van der Waals surface area contributed by atoms with Gasteiger partial charge in [0.05, 0.1) is 5.69 Å². The third-order valence-corrected chi connectivity index (χ3v) is 6.10. The van der Waals surface area contributed by atoms with E-state index in [0.29, 0.717) is 26.9 Å². The van der Waals surface area contributed by atoms with Crippen molar-refractivity contribution in [1.29, 1.82) is 0 Å². The summed E-state index contributed by atoms with van der Waals surface area (Å²) < 4.78 is 32.9. The number of oxazole rings is 1. The number of nitrogens with zero attached hydrogens (tertiary/aromatic N) is 1. The number of aromatic nitrogens is 1. The molecule has 0 saturated heterocycles. The van der Waals surface area contributed by atoms with Gasteiger partial charge in [0.2, 0.25) is 0 Å². The van der Waals surface area contributed by atoms with Crippen molar-refractivity contribution < 1.29 is 12.8 Å². The molecule has 3 rings (SSSR count). The van der Waals surface area contributed by atoms with Crippen LogP contribution in [0.2, 0.25) is 0 Å². The minimum absolute atomic E-state index is 0.313. The molecule has 0 bridgehead atoms. The van der Waals surface area contributed by atoms with E-state index in [-0.39, 0.29) is 0 Å². The van der Waals surface area contributed by atoms with E-state index in [1.54, 1.807) is 31.2 Å². The van der Waals surface area contributed by atoms with Crippen LogP contribution in [0.5, 0.6) is 0 Å². The van der Waals surface area contributed by atoms with Crippen molar-refractivity contribution in [3.63, 3.8) is 0 Å². The fourth-order valence-corrected chi connectivity index (χ4v) is 4.35. The van der Waals surface area contributed by atoms with Gasteiger partial charge in [0.25, 0.3) is 10.0 Å². The number of fused-ring (bicyclic) bond motifs is 1. The summed E-state index contributed by atoms with van der Waals surface area (Å²) in [7, 11) is -3.56. The van der Waals surface area contributed by atoms with Crippen molar-refractivity contribution in [3.8, 4) is 0 Å². The summed E-state index contributed by atoms with van der Waals surface area (Å²) >= 11 is 1.28. The van der Waals surface area contributed by atoms with Crippen LogP contribution in [-0.4, -0.2) is 13.4 Å². The van der Waals surface area contributed by atoms with E-state index in [1.165, 1.54) is 11.3 Å². The number of nitrogens with one attached hydrogen (secondary N) is 1. The maximum absolute atomic E-state index is 12.3. The second-order valence-electron chi connectivity index (χ2n) is 4.60. The van der Waals surface area contributed by atoms with Crippen molar-refractivity contribution >= 4 is 38.1 Å². The molecule has 7 heteroatoms. The van der Waals surface area contributed by atoms with E-state index >= 15 is 0 Å². The Morgan fingerprint density at radius 1 is 1.29 bits per heavy atom. The highest BCUT2D eigenvalue weighted by molar-refractivity contribution is 7.94. The average molecular weight is 322 g/mol. The average Bonchev–Trinajstić information content (AvgIpc) is 3.03. The van der Waals surface area contributed by atoms with Crippen molar-refractivity contribution in [1.82, 2.24) is 4.98 Å². The lowest BCUT2D eigenvalue weighted by atomic mass is 10.3. The predicted molar refractivity (Wildman–Crippen MR) is 83.3 cm³/mol. The molecular formula is C14H14N2O3S2. The van der Waals surface area contributed by atoms with Gasteiger partial charge in [-0.2, -0.15) is 0 Å². The molecule has 0 aliphatic rings. The van der Waals surface area contributed by atoms with Crippen LogP contribution < -0.4 is 4.72 Å². The van der Waals surface area contributed by atoms with Crippen LogP contribution in [-0.2, 0) is 16.4 Å². The maximum Gasteiger partial charge on any atom is 0.271 e. The molecule has 0 aliphatic heterocycles. The highest BCUT2D eigenvalue weighted by atomic mass is 32.2. The Balaban J connectivity index is 1.92. The van der Waals surface area contributed by atoms with Crippen LogP contribution in [0.4, 0.5) is 5.69 Å². The van der Waals surface area contributed by atoms with E-state index in [1.807, 2.05) is 13.0 Å². The second-order valence-corrected chi connectivity index (χ2v) is 7.67. The second kappa shape index (κ2) is 5.16. The van der Waals surface area contributed by atoms with Gasteiger partial charge in [0.1, 0.15) is 9.73 Å². The monoisotopic (exact) mass is 322 g/mol. The van der Waals surface area contributed by atoms with Crippen LogP contribution in [0.15, 0.2) is 39.0 Å². The van der Waals surface area contributed by atoms with Gasteiger partial charge in [-0.3, -0.25) is 4.72 Å². The summed E-state index contributed by atoms with van der Waals surface area (Å²) in [5.41, 5.74) is 1.73. The van der Waals surface area contributed by atoms with Gasteiger partial charge < -0.3 is 4.42 Å². The molecule has 21 heavy (non-hydrogen) atoms. The summed E-state index contributed by atoms with van der Waals surface area (Å²) in [6, 6.07) is 8.51. The normalized spacial score (nSPS) is 11.9. The first kappa shape index (κ1) is 14.1. The summed E-state index contributed by atoms with van der Waals surface area (Å²) in [5, 5.41) is 0. The number of hydrogen-bond acceptors (Lipinski definition) is 5. The Kier molecular flexibility index (Phi) is 3.46. The molecule has 110 valence electrons. The molecule has 0 saturated carbocycles. The van der Waals surface area contributed by atoms with E-state index in [4.69, 9.17) is 4.42 Å². The molecule has 0 amide bonds. The van der Waals surface area contributed by atoms with E-state index < -0.39 is 10.0 Å². The summed E-state index contributed by atoms with van der Waals surface area (Å²) in [6.07, 6.45) is 0.823. The van der Waals surface area contributed by atoms with Crippen LogP contribution in [0.25, 0.3) is 11.1 Å². The Morgan fingerprint density at radius 2 is 2.10 bits per heavy atom. The smallest absolute Gasteiger partial charge is 0.271 e. The minimum Gasteiger partial charge on any atom is -0.441 e. The third-order valence-electron chi connectivity index (χ3n) is 3.00. The predicted octanol–water partition coefficient (Wildman–Crippen LogP) is 3.56. The standard InChI is InChI=1S/C14H14N2O3S2/c1-3-11-5-7-14(20-11)21(17,18)16-10-4-6-12-13(8-10)19-9(2)15-12/h4-8,16H,3H2,1-2H3. The number of hydrogen-bond donors (Lipinski definition) is 1. The number of thiophene rings is 1. The molecule has 2 aromatic heterocycles. The van der Waals surface area contributed by atoms with Crippen LogP contribution >= 0.6 is 11.3 Å². The molecular weight excluding hydrogens is 308 g/mol. The number of rotatable bonds is 4. The van der Waals surface area contributed by atoms with E-state index in [9.17, 15) is 8.42 Å². The molecule has 0 unspecified atom stereocenters. The Morgan fingerprint density at radius 3 is 2.81 bits per heavy atom. The van der Waals surface area contributed by atoms with Crippen molar-refractivity contribution in [2.75, 3.05) is 4.72 Å². The SMILES string of the molecule is CCc1ccc(S(=O)(=O)Nc2ccc3nc(C)oc3c2)s1. The zero-order valence-electron chi connectivity index (χ0n) is 11.6. The molecule has 0 atom stereocenters. The Bertz CT molecular complexity index is 894. The van der Waals surface area contributed by atoms with Gasteiger partial charge in [-0.1, -0.05) is 6.92 Å². The summed E-state index contributed by atoms with van der Waals surface area (Å²) in [4.78, 5) is 5.22. The number of benzene rings is 1. The van der Waals surface area contributed by atoms with Gasteiger partial charge in [0, 0.05) is 17.9 Å². The quantitative estimate of drug-likeness (QED) is 0.797. The fourth-order valence-electron chi connectivity index (χ4n) is 2.00. The molecule has 0 fully saturated rings. The lowest BCUT2D eigenvalue weighted by molar-refractivity contribution is 0.561. The fraction of sp³-hybridized carbons (Fsp3) is 0.214. The zero-order valence-corrected chi connectivity index (χ0v) is 13.2. The van der Waals surface area contributed by atoms with Gasteiger partial charge in [-0.05, 0) is 30.7 Å². The molecule has 3 aromatic rings. The summed E-state index contributed by atoms with van der Waals surface area (Å²) in [5.74, 6) is 0.552. The summed E-state index contributed by atoms with van der Waals surface area (Å²) in [6.45, 7) is 3.75. The first-order valence-corrected chi connectivity index (χ1v) is 8.76. The van der Waals surface area contributed by atoms with Gasteiger partial charge >= 0.3 is 0 Å². The lowest BCUT2D eigenvalue weighted by Crippen LogP contribution is -2.11. The minimum atomic E-state index is -3.56. The molecule has 2 heterocycles. The van der Waals surface area contributed by atoms with E-state index in [2.05, 4.69) is 9.71 Å². The highest BCUT2D eigenvalue weighted by Gasteiger charge is 2.17. The topological polar surface area (TPSA) is 72.2 Å². The molecule has 0 radical (unpaired) electrons. The first-order valence-electron chi connectivity index (χ1n) is 6.46. The van der Waals surface area contributed by atoms with Crippen LogP contribution in [0.1, 0.15) is 17.7 Å². The van der Waals surface area contributed by atoms with Gasteiger partial charge in [-0.15, -0.1) is 11.3 Å². The van der Waals surface area contributed by atoms with E-state index in [0.717, 1.165) is 11.3 Å². The first-order chi connectivity index (χ1) is 9.98. The Hall–Kier alpha value is -1.86. The molecule has 0 aliphatic carbocycles. The van der Waals surface area contributed by atoms with Gasteiger partial charge in [-0.25, -0.2) is 13.4 Å². The van der Waals surface area contributed by atoms with Crippen LogP contribution in [0.3, 0.4) is 0 Å². The zero-order chi connectivity index (χ0) is 15.0. The molecule has 5 nitrogen and oxygen atoms in total. The number of sulfonamides is 1. The van der Waals surface area contributed by atoms with Crippen molar-refractivity contribution in [2.24, 2.45) is 0 Å². The number of anilines is 1.